The zero-order valence-corrected chi connectivity index (χ0v) is 12.4. The molecule has 0 aromatic carbocycles. The molecule has 1 atom stereocenters. The van der Waals surface area contributed by atoms with Crippen LogP contribution in [0.2, 0.25) is 0 Å². The second kappa shape index (κ2) is 11.6. The van der Waals surface area contributed by atoms with Gasteiger partial charge in [-0.2, -0.15) is 5.82 Å². The molecule has 0 saturated carbocycles. The molecule has 0 amide bonds. The normalized spacial score (nSPS) is 13.3. The molecule has 19 heavy (non-hydrogen) atoms. The lowest BCUT2D eigenvalue weighted by Crippen LogP contribution is -2.25. The standard InChI is InChI=1S/C15H25BN2O/c1-6-9-14(13-18(4)12-7-2)10-11-17-15(19-5)16-8-3/h3,6,10-11,14,16H,1,7,9,12-13H2,2,4-5H3/b11-10+,17-15+. The van der Waals surface area contributed by atoms with Crippen LogP contribution in [0.1, 0.15) is 19.8 Å². The van der Waals surface area contributed by atoms with Crippen LogP contribution >= 0.6 is 0 Å². The lowest BCUT2D eigenvalue weighted by molar-refractivity contribution is 0.301. The number of aliphatic imine (C=N–C) groups is 1. The average molecular weight is 260 g/mol. The van der Waals surface area contributed by atoms with Gasteiger partial charge in [0, 0.05) is 12.7 Å². The number of hydrogen-bond acceptors (Lipinski definition) is 3. The van der Waals surface area contributed by atoms with Gasteiger partial charge in [0.15, 0.2) is 5.80 Å². The highest BCUT2D eigenvalue weighted by Gasteiger charge is 2.06. The molecule has 0 spiro atoms. The first-order valence-electron chi connectivity index (χ1n) is 6.68. The Bertz CT molecular complexity index is 345. The summed E-state index contributed by atoms with van der Waals surface area (Å²) < 4.78 is 5.08. The predicted octanol–water partition coefficient (Wildman–Crippen LogP) is 2.06. The Morgan fingerprint density at radius 3 is 2.89 bits per heavy atom. The van der Waals surface area contributed by atoms with Gasteiger partial charge in [0.1, 0.15) is 0 Å². The maximum atomic E-state index is 5.23. The van der Waals surface area contributed by atoms with Gasteiger partial charge in [0.05, 0.1) is 7.11 Å². The number of allylic oxidation sites excluding steroid dienone is 1. The third-order valence-corrected chi connectivity index (χ3v) is 2.69. The molecule has 104 valence electrons. The average Bonchev–Trinajstić information content (AvgIpc) is 2.38. The van der Waals surface area contributed by atoms with Crippen LogP contribution in [0.15, 0.2) is 29.9 Å². The topological polar surface area (TPSA) is 24.8 Å². The molecule has 0 N–H and O–H groups in total. The summed E-state index contributed by atoms with van der Waals surface area (Å²) >= 11 is 0. The molecule has 3 nitrogen and oxygen atoms in total. The molecule has 1 unspecified atom stereocenters. The maximum Gasteiger partial charge on any atom is 0.315 e. The van der Waals surface area contributed by atoms with Gasteiger partial charge < -0.3 is 9.64 Å². The van der Waals surface area contributed by atoms with E-state index in [9.17, 15) is 0 Å². The third kappa shape index (κ3) is 9.15. The van der Waals surface area contributed by atoms with E-state index in [2.05, 4.69) is 42.3 Å². The Labute approximate surface area is 118 Å². The molecule has 0 heterocycles. The summed E-state index contributed by atoms with van der Waals surface area (Å²) in [6.07, 6.45) is 13.1. The number of ether oxygens (including phenoxy) is 1. The van der Waals surface area contributed by atoms with Gasteiger partial charge >= 0.3 is 7.28 Å². The lowest BCUT2D eigenvalue weighted by Gasteiger charge is -2.20. The van der Waals surface area contributed by atoms with Gasteiger partial charge in [-0.25, -0.2) is 4.99 Å². The van der Waals surface area contributed by atoms with Gasteiger partial charge in [-0.3, -0.25) is 0 Å². The van der Waals surface area contributed by atoms with Gasteiger partial charge in [0.2, 0.25) is 0 Å². The van der Waals surface area contributed by atoms with Crippen molar-refractivity contribution < 1.29 is 4.74 Å². The monoisotopic (exact) mass is 260 g/mol. The van der Waals surface area contributed by atoms with Crippen LogP contribution < -0.4 is 0 Å². The van der Waals surface area contributed by atoms with Crippen LogP contribution in [0, 0.1) is 18.2 Å². The van der Waals surface area contributed by atoms with Crippen LogP contribution in [0.3, 0.4) is 0 Å². The van der Waals surface area contributed by atoms with E-state index in [1.165, 1.54) is 0 Å². The van der Waals surface area contributed by atoms with Gasteiger partial charge in [-0.1, -0.05) is 19.1 Å². The van der Waals surface area contributed by atoms with Crippen molar-refractivity contribution in [2.45, 2.75) is 19.8 Å². The number of rotatable bonds is 9. The largest absolute Gasteiger partial charge is 0.492 e. The summed E-state index contributed by atoms with van der Waals surface area (Å²) in [5, 5.41) is 0. The molecule has 0 radical (unpaired) electrons. The first-order valence-corrected chi connectivity index (χ1v) is 6.68. The van der Waals surface area contributed by atoms with Crippen molar-refractivity contribution in [2.75, 3.05) is 27.2 Å². The number of hydrogen-bond donors (Lipinski definition) is 0. The quantitative estimate of drug-likeness (QED) is 0.208. The minimum atomic E-state index is 0.418. The first-order chi connectivity index (χ1) is 9.17. The Morgan fingerprint density at radius 1 is 1.63 bits per heavy atom. The van der Waals surface area contributed by atoms with E-state index in [0.29, 0.717) is 19.0 Å². The van der Waals surface area contributed by atoms with Gasteiger partial charge in [0.25, 0.3) is 0 Å². The van der Waals surface area contributed by atoms with Crippen molar-refractivity contribution in [1.29, 1.82) is 0 Å². The Kier molecular flexibility index (Phi) is 10.7. The molecule has 4 heteroatoms. The lowest BCUT2D eigenvalue weighted by atomic mass is 9.80. The molecular formula is C15H25BN2O. The predicted molar refractivity (Wildman–Crippen MR) is 85.7 cm³/mol. The van der Waals surface area contributed by atoms with E-state index >= 15 is 0 Å². The van der Waals surface area contributed by atoms with Crippen LogP contribution in [0.25, 0.3) is 0 Å². The molecule has 0 aliphatic heterocycles. The fourth-order valence-corrected chi connectivity index (χ4v) is 1.81. The van der Waals surface area contributed by atoms with Gasteiger partial charge in [-0.05, 0) is 32.4 Å². The molecule has 0 aliphatic carbocycles. The molecule has 0 aromatic heterocycles. The number of nitrogens with zero attached hydrogens (tertiary/aromatic N) is 2. The molecule has 0 rings (SSSR count). The summed E-state index contributed by atoms with van der Waals surface area (Å²) in [5.74, 6) is 3.50. The van der Waals surface area contributed by atoms with Crippen molar-refractivity contribution in [1.82, 2.24) is 4.90 Å². The van der Waals surface area contributed by atoms with Crippen LogP contribution in [0.4, 0.5) is 0 Å². The summed E-state index contributed by atoms with van der Waals surface area (Å²) in [6, 6.07) is 0. The first kappa shape index (κ1) is 17.5. The SMILES string of the molecule is C#CB/C(=N\C=C\C(CC=C)CN(C)CCC)OC. The molecule has 0 saturated heterocycles. The molecular weight excluding hydrogens is 235 g/mol. The minimum absolute atomic E-state index is 0.418. The molecule has 0 aromatic rings. The van der Waals surface area contributed by atoms with Crippen molar-refractivity contribution >= 4 is 13.1 Å². The molecule has 0 fully saturated rings. The van der Waals surface area contributed by atoms with E-state index in [1.807, 2.05) is 6.08 Å². The molecule has 0 aliphatic rings. The highest BCUT2D eigenvalue weighted by molar-refractivity contribution is 6.79. The Balaban J connectivity index is 4.47. The fourth-order valence-electron chi connectivity index (χ4n) is 1.81. The van der Waals surface area contributed by atoms with E-state index in [4.69, 9.17) is 11.2 Å². The van der Waals surface area contributed by atoms with Crippen molar-refractivity contribution in [2.24, 2.45) is 10.9 Å². The Morgan fingerprint density at radius 2 is 2.37 bits per heavy atom. The van der Waals surface area contributed by atoms with Crippen LogP contribution in [-0.4, -0.2) is 45.2 Å². The Hall–Kier alpha value is -1.47. The third-order valence-electron chi connectivity index (χ3n) is 2.69. The van der Waals surface area contributed by atoms with Crippen LogP contribution in [0.5, 0.6) is 0 Å². The minimum Gasteiger partial charge on any atom is -0.492 e. The van der Waals surface area contributed by atoms with E-state index in [0.717, 1.165) is 25.9 Å². The summed E-state index contributed by atoms with van der Waals surface area (Å²) in [6.45, 7) is 8.09. The summed E-state index contributed by atoms with van der Waals surface area (Å²) in [7, 11) is 4.14. The summed E-state index contributed by atoms with van der Waals surface area (Å²) in [4.78, 5) is 6.55. The summed E-state index contributed by atoms with van der Waals surface area (Å²) in [5.41, 5.74) is 0. The fraction of sp³-hybridized carbons (Fsp3) is 0.533. The highest BCUT2D eigenvalue weighted by atomic mass is 16.5. The second-order valence-corrected chi connectivity index (χ2v) is 4.50. The zero-order valence-electron chi connectivity index (χ0n) is 12.4. The van der Waals surface area contributed by atoms with Gasteiger partial charge in [-0.15, -0.1) is 13.0 Å². The highest BCUT2D eigenvalue weighted by Crippen LogP contribution is 2.08. The zero-order chi connectivity index (χ0) is 14.5. The van der Waals surface area contributed by atoms with E-state index in [1.54, 1.807) is 13.3 Å². The van der Waals surface area contributed by atoms with Crippen LogP contribution in [-0.2, 0) is 4.74 Å². The smallest absolute Gasteiger partial charge is 0.315 e. The van der Waals surface area contributed by atoms with E-state index < -0.39 is 0 Å². The molecule has 0 bridgehead atoms. The number of terminal acetylenes is 1. The van der Waals surface area contributed by atoms with E-state index in [-0.39, 0.29) is 0 Å². The van der Waals surface area contributed by atoms with Crippen molar-refractivity contribution in [3.63, 3.8) is 0 Å². The maximum absolute atomic E-state index is 5.23. The van der Waals surface area contributed by atoms with Crippen molar-refractivity contribution in [3.8, 4) is 12.2 Å². The van der Waals surface area contributed by atoms with Crippen molar-refractivity contribution in [3.05, 3.63) is 24.9 Å². The number of methoxy groups -OCH3 is 1. The second-order valence-electron chi connectivity index (χ2n) is 4.50.